The van der Waals surface area contributed by atoms with Crippen LogP contribution in [0.5, 0.6) is 0 Å². The molecule has 2 aromatic carbocycles. The molecule has 2 atom stereocenters. The number of nitrogens with zero attached hydrogens (tertiary/aromatic N) is 7. The van der Waals surface area contributed by atoms with Gasteiger partial charge in [-0.1, -0.05) is 18.1 Å². The first-order chi connectivity index (χ1) is 21.8. The zero-order valence-corrected chi connectivity index (χ0v) is 23.4. The second-order valence-corrected chi connectivity index (χ2v) is 10.1. The maximum absolute atomic E-state index is 15.3. The standard InChI is InChI=1S/C31H23F2N9O3/c32-20-12-25(31(45)39-23-4-1-3-21(28(23)33)19-13-35-17-36-14-19)41(15-20)27(43)16-42-24-7-5-18(6-8-26-37-9-2-10-38-26)11-22(24)29(40-42)30(34)44/h1-5,7,9-11,13-14,17,20,25H,12,15-16H2,(H2,34,44)(H,39,45)/t20-,25+/m1/s1. The number of nitrogens with one attached hydrogen (secondary N) is 1. The first kappa shape index (κ1) is 29.0. The van der Waals surface area contributed by atoms with Crippen LogP contribution in [0.4, 0.5) is 14.5 Å². The molecule has 1 aliphatic heterocycles. The van der Waals surface area contributed by atoms with Crippen LogP contribution in [-0.2, 0) is 16.1 Å². The van der Waals surface area contributed by atoms with Crippen molar-refractivity contribution in [2.75, 3.05) is 11.9 Å². The van der Waals surface area contributed by atoms with Crippen LogP contribution in [0.25, 0.3) is 22.0 Å². The number of rotatable bonds is 6. The number of halogens is 2. The van der Waals surface area contributed by atoms with Crippen LogP contribution in [0, 0.1) is 17.7 Å². The molecule has 3 aromatic heterocycles. The number of carbonyl (C=O) groups excluding carboxylic acids is 3. The minimum absolute atomic E-state index is 0.0873. The predicted octanol–water partition coefficient (Wildman–Crippen LogP) is 2.50. The maximum Gasteiger partial charge on any atom is 0.269 e. The van der Waals surface area contributed by atoms with Crippen molar-refractivity contribution in [3.63, 3.8) is 0 Å². The molecule has 3 amide bonds. The van der Waals surface area contributed by atoms with E-state index in [9.17, 15) is 18.8 Å². The highest BCUT2D eigenvalue weighted by Gasteiger charge is 2.40. The topological polar surface area (TPSA) is 162 Å². The van der Waals surface area contributed by atoms with E-state index in [1.165, 1.54) is 35.5 Å². The zero-order chi connectivity index (χ0) is 31.5. The summed E-state index contributed by atoms with van der Waals surface area (Å²) in [7, 11) is 0. The average Bonchev–Trinajstić information content (AvgIpc) is 3.62. The summed E-state index contributed by atoms with van der Waals surface area (Å²) in [6.07, 6.45) is 5.53. The third kappa shape index (κ3) is 6.04. The van der Waals surface area contributed by atoms with E-state index >= 15 is 4.39 Å². The number of carbonyl (C=O) groups is 3. The summed E-state index contributed by atoms with van der Waals surface area (Å²) in [6, 6.07) is 9.76. The van der Waals surface area contributed by atoms with E-state index in [2.05, 4.69) is 42.2 Å². The number of fused-ring (bicyclic) bond motifs is 1. The quantitative estimate of drug-likeness (QED) is 0.278. The van der Waals surface area contributed by atoms with Gasteiger partial charge in [0, 0.05) is 53.3 Å². The lowest BCUT2D eigenvalue weighted by Gasteiger charge is -2.24. The van der Waals surface area contributed by atoms with E-state index in [1.54, 1.807) is 42.7 Å². The Balaban J connectivity index is 1.23. The molecule has 6 rings (SSSR count). The second kappa shape index (κ2) is 12.3. The molecule has 45 heavy (non-hydrogen) atoms. The van der Waals surface area contributed by atoms with E-state index in [1.807, 2.05) is 0 Å². The van der Waals surface area contributed by atoms with E-state index in [0.717, 1.165) is 4.90 Å². The molecule has 4 heterocycles. The molecule has 1 saturated heterocycles. The molecule has 0 bridgehead atoms. The van der Waals surface area contributed by atoms with Crippen molar-refractivity contribution < 1.29 is 23.2 Å². The molecule has 0 spiro atoms. The van der Waals surface area contributed by atoms with E-state index < -0.39 is 42.3 Å². The molecular weight excluding hydrogens is 584 g/mol. The van der Waals surface area contributed by atoms with Gasteiger partial charge in [-0.05, 0) is 36.3 Å². The Morgan fingerprint density at radius 3 is 2.58 bits per heavy atom. The smallest absolute Gasteiger partial charge is 0.269 e. The Morgan fingerprint density at radius 2 is 1.82 bits per heavy atom. The number of aromatic nitrogens is 6. The summed E-state index contributed by atoms with van der Waals surface area (Å²) in [5.74, 6) is 3.12. The Kier molecular flexibility index (Phi) is 7.89. The molecule has 224 valence electrons. The third-order valence-electron chi connectivity index (χ3n) is 7.15. The average molecular weight is 608 g/mol. The largest absolute Gasteiger partial charge is 0.364 e. The normalized spacial score (nSPS) is 15.8. The number of hydrogen-bond donors (Lipinski definition) is 2. The molecule has 0 aliphatic carbocycles. The van der Waals surface area contributed by atoms with Gasteiger partial charge in [-0.15, -0.1) is 0 Å². The molecule has 1 fully saturated rings. The minimum Gasteiger partial charge on any atom is -0.364 e. The molecule has 1 aliphatic rings. The summed E-state index contributed by atoms with van der Waals surface area (Å²) >= 11 is 0. The van der Waals surface area contributed by atoms with Gasteiger partial charge in [-0.25, -0.2) is 28.7 Å². The lowest BCUT2D eigenvalue weighted by molar-refractivity contribution is -0.137. The fourth-order valence-corrected chi connectivity index (χ4v) is 5.08. The van der Waals surface area contributed by atoms with Crippen LogP contribution in [0.3, 0.4) is 0 Å². The van der Waals surface area contributed by atoms with Gasteiger partial charge in [-0.3, -0.25) is 19.1 Å². The van der Waals surface area contributed by atoms with Crippen molar-refractivity contribution in [3.8, 4) is 23.0 Å². The highest BCUT2D eigenvalue weighted by atomic mass is 19.1. The van der Waals surface area contributed by atoms with Gasteiger partial charge >= 0.3 is 0 Å². The van der Waals surface area contributed by atoms with E-state index in [0.29, 0.717) is 27.9 Å². The predicted molar refractivity (Wildman–Crippen MR) is 157 cm³/mol. The SMILES string of the molecule is NC(=O)c1nn(CC(=O)N2C[C@H](F)C[C@H]2C(=O)Nc2cccc(-c3cncnc3)c2F)c2ccc(C#Cc3ncccn3)cc12. The van der Waals surface area contributed by atoms with Crippen molar-refractivity contribution in [3.05, 3.63) is 96.5 Å². The van der Waals surface area contributed by atoms with Gasteiger partial charge in [0.15, 0.2) is 11.5 Å². The van der Waals surface area contributed by atoms with Gasteiger partial charge < -0.3 is 16.0 Å². The number of benzene rings is 2. The van der Waals surface area contributed by atoms with Gasteiger partial charge in [0.2, 0.25) is 17.6 Å². The van der Waals surface area contributed by atoms with Crippen LogP contribution in [0.1, 0.15) is 28.3 Å². The van der Waals surface area contributed by atoms with Crippen LogP contribution >= 0.6 is 0 Å². The van der Waals surface area contributed by atoms with Crippen molar-refractivity contribution >= 4 is 34.3 Å². The zero-order valence-electron chi connectivity index (χ0n) is 23.4. The van der Waals surface area contributed by atoms with Gasteiger partial charge in [0.25, 0.3) is 5.91 Å². The lowest BCUT2D eigenvalue weighted by atomic mass is 10.1. The Bertz CT molecular complexity index is 1990. The third-order valence-corrected chi connectivity index (χ3v) is 7.15. The van der Waals surface area contributed by atoms with Crippen LogP contribution in [0.15, 0.2) is 73.6 Å². The van der Waals surface area contributed by atoms with Crippen molar-refractivity contribution in [1.29, 1.82) is 0 Å². The van der Waals surface area contributed by atoms with E-state index in [-0.39, 0.29) is 29.9 Å². The number of hydrogen-bond acceptors (Lipinski definition) is 8. The molecule has 0 radical (unpaired) electrons. The fourth-order valence-electron chi connectivity index (χ4n) is 5.08. The molecule has 3 N–H and O–H groups in total. The van der Waals surface area contributed by atoms with E-state index in [4.69, 9.17) is 5.73 Å². The number of primary amides is 1. The highest BCUT2D eigenvalue weighted by Crippen LogP contribution is 2.29. The van der Waals surface area contributed by atoms with Crippen LogP contribution < -0.4 is 11.1 Å². The van der Waals surface area contributed by atoms with Crippen LogP contribution in [-0.4, -0.2) is 71.1 Å². The number of likely N-dealkylation sites (tertiary alicyclic amines) is 1. The molecule has 5 aromatic rings. The molecule has 12 nitrogen and oxygen atoms in total. The van der Waals surface area contributed by atoms with Gasteiger partial charge in [0.1, 0.15) is 25.1 Å². The van der Waals surface area contributed by atoms with Crippen molar-refractivity contribution in [2.45, 2.75) is 25.2 Å². The molecular formula is C31H23F2N9O3. The lowest BCUT2D eigenvalue weighted by Crippen LogP contribution is -2.44. The van der Waals surface area contributed by atoms with Crippen LogP contribution in [0.2, 0.25) is 0 Å². The number of nitrogens with two attached hydrogens (primary N) is 1. The molecule has 0 unspecified atom stereocenters. The van der Waals surface area contributed by atoms with Crippen molar-refractivity contribution in [2.24, 2.45) is 5.73 Å². The highest BCUT2D eigenvalue weighted by molar-refractivity contribution is 6.05. The summed E-state index contributed by atoms with van der Waals surface area (Å²) in [4.78, 5) is 55.9. The summed E-state index contributed by atoms with van der Waals surface area (Å²) in [5, 5.41) is 7.08. The number of amides is 3. The number of anilines is 1. The maximum atomic E-state index is 15.3. The van der Waals surface area contributed by atoms with Gasteiger partial charge in [0.05, 0.1) is 17.7 Å². The number of alkyl halides is 1. The Hall–Kier alpha value is -6.10. The monoisotopic (exact) mass is 607 g/mol. The first-order valence-corrected chi connectivity index (χ1v) is 13.7. The van der Waals surface area contributed by atoms with Gasteiger partial charge in [-0.2, -0.15) is 5.10 Å². The van der Waals surface area contributed by atoms with Crippen molar-refractivity contribution in [1.82, 2.24) is 34.6 Å². The molecule has 0 saturated carbocycles. The Morgan fingerprint density at radius 1 is 1.04 bits per heavy atom. The summed E-state index contributed by atoms with van der Waals surface area (Å²) < 4.78 is 31.2. The molecule has 14 heteroatoms. The summed E-state index contributed by atoms with van der Waals surface area (Å²) in [5.41, 5.74) is 6.83. The first-order valence-electron chi connectivity index (χ1n) is 13.7. The Labute approximate surface area is 254 Å². The second-order valence-electron chi connectivity index (χ2n) is 10.1. The minimum atomic E-state index is -1.48. The summed E-state index contributed by atoms with van der Waals surface area (Å²) in [6.45, 7) is -0.759. The fraction of sp³-hybridized carbons (Fsp3) is 0.161.